The Morgan fingerprint density at radius 2 is 1.85 bits per heavy atom. The average molecular weight is 286 g/mol. The minimum atomic E-state index is 0.00654. The van der Waals surface area contributed by atoms with Crippen molar-refractivity contribution >= 4 is 17.1 Å². The second kappa shape index (κ2) is 6.01. The quantitative estimate of drug-likeness (QED) is 0.635. The van der Waals surface area contributed by atoms with Gasteiger partial charge in [0.25, 0.3) is 0 Å². The summed E-state index contributed by atoms with van der Waals surface area (Å²) < 4.78 is 0. The lowest BCUT2D eigenvalue weighted by atomic mass is 10.2. The van der Waals surface area contributed by atoms with Crippen molar-refractivity contribution in [2.45, 2.75) is 13.8 Å². The number of ketones is 1. The first-order valence-corrected chi connectivity index (χ1v) is 7.22. The Balaban J connectivity index is 2.30. The smallest absolute Gasteiger partial charge is 0.199 e. The molecule has 0 amide bonds. The van der Waals surface area contributed by atoms with Gasteiger partial charge in [0.15, 0.2) is 5.78 Å². The number of hydrogen-bond acceptors (Lipinski definition) is 4. The van der Waals surface area contributed by atoms with E-state index < -0.39 is 0 Å². The summed E-state index contributed by atoms with van der Waals surface area (Å²) in [4.78, 5) is 19.2. The number of carbonyl (C=O) groups is 1. The molecule has 0 radical (unpaired) electrons. The molecule has 2 aromatic rings. The van der Waals surface area contributed by atoms with E-state index in [0.717, 1.165) is 16.3 Å². The zero-order valence-corrected chi connectivity index (χ0v) is 13.0. The van der Waals surface area contributed by atoms with Crippen LogP contribution in [0.4, 0.5) is 0 Å². The molecule has 0 unspecified atom stereocenters. The lowest BCUT2D eigenvalue weighted by Crippen LogP contribution is -2.02. The largest absolute Gasteiger partial charge is 0.383 e. The minimum Gasteiger partial charge on any atom is -0.383 e. The summed E-state index contributed by atoms with van der Waals surface area (Å²) in [5, 5.41) is 0.893. The van der Waals surface area contributed by atoms with Crippen LogP contribution in [0.5, 0.6) is 0 Å². The molecular weight excluding hydrogens is 268 g/mol. The highest BCUT2D eigenvalue weighted by Gasteiger charge is 2.14. The van der Waals surface area contributed by atoms with Crippen LogP contribution in [0, 0.1) is 13.8 Å². The molecule has 20 heavy (non-hydrogen) atoms. The van der Waals surface area contributed by atoms with Gasteiger partial charge in [0.1, 0.15) is 5.01 Å². The van der Waals surface area contributed by atoms with Crippen molar-refractivity contribution in [3.05, 3.63) is 52.7 Å². The Morgan fingerprint density at radius 1 is 1.20 bits per heavy atom. The molecule has 1 aromatic carbocycles. The molecule has 0 aliphatic carbocycles. The van der Waals surface area contributed by atoms with Gasteiger partial charge in [-0.2, -0.15) is 0 Å². The first kappa shape index (κ1) is 14.5. The van der Waals surface area contributed by atoms with Crippen molar-refractivity contribution in [1.82, 2.24) is 9.88 Å². The van der Waals surface area contributed by atoms with Crippen LogP contribution in [0.25, 0.3) is 10.6 Å². The highest BCUT2D eigenvalue weighted by Crippen LogP contribution is 2.28. The van der Waals surface area contributed by atoms with Gasteiger partial charge in [0, 0.05) is 31.9 Å². The molecule has 0 fully saturated rings. The van der Waals surface area contributed by atoms with E-state index in [1.54, 1.807) is 12.3 Å². The highest BCUT2D eigenvalue weighted by atomic mass is 32.1. The third-order valence-electron chi connectivity index (χ3n) is 2.84. The summed E-state index contributed by atoms with van der Waals surface area (Å²) in [6, 6.07) is 8.19. The van der Waals surface area contributed by atoms with Crippen LogP contribution >= 0.6 is 11.3 Å². The van der Waals surface area contributed by atoms with E-state index in [1.165, 1.54) is 16.9 Å². The highest BCUT2D eigenvalue weighted by molar-refractivity contribution is 7.17. The van der Waals surface area contributed by atoms with E-state index in [1.807, 2.05) is 38.1 Å². The summed E-state index contributed by atoms with van der Waals surface area (Å²) in [5.74, 6) is 0.00654. The van der Waals surface area contributed by atoms with Crippen LogP contribution in [-0.4, -0.2) is 29.8 Å². The zero-order valence-electron chi connectivity index (χ0n) is 12.2. The number of allylic oxidation sites excluding steroid dienone is 1. The summed E-state index contributed by atoms with van der Waals surface area (Å²) >= 11 is 1.45. The maximum absolute atomic E-state index is 12.1. The molecular formula is C16H18N2OS. The fourth-order valence-corrected chi connectivity index (χ4v) is 2.73. The second-order valence-corrected chi connectivity index (χ2v) is 5.94. The van der Waals surface area contributed by atoms with Crippen LogP contribution in [-0.2, 0) is 0 Å². The van der Waals surface area contributed by atoms with E-state index in [0.29, 0.717) is 4.88 Å². The summed E-state index contributed by atoms with van der Waals surface area (Å²) in [5.41, 5.74) is 3.06. The van der Waals surface area contributed by atoms with Gasteiger partial charge in [-0.25, -0.2) is 4.98 Å². The molecule has 1 heterocycles. The molecule has 0 spiro atoms. The molecule has 0 atom stereocenters. The van der Waals surface area contributed by atoms with E-state index >= 15 is 0 Å². The number of thiazole rings is 1. The Kier molecular flexibility index (Phi) is 4.35. The Morgan fingerprint density at radius 3 is 2.45 bits per heavy atom. The molecule has 1 aromatic heterocycles. The van der Waals surface area contributed by atoms with Crippen LogP contribution in [0.15, 0.2) is 36.5 Å². The number of hydrogen-bond donors (Lipinski definition) is 0. The topological polar surface area (TPSA) is 33.2 Å². The van der Waals surface area contributed by atoms with E-state index in [-0.39, 0.29) is 5.78 Å². The maximum atomic E-state index is 12.1. The molecule has 0 saturated heterocycles. The van der Waals surface area contributed by atoms with Gasteiger partial charge in [-0.15, -0.1) is 11.3 Å². The maximum Gasteiger partial charge on any atom is 0.199 e. The number of benzene rings is 1. The molecule has 4 heteroatoms. The van der Waals surface area contributed by atoms with Gasteiger partial charge < -0.3 is 4.90 Å². The summed E-state index contributed by atoms with van der Waals surface area (Å²) in [7, 11) is 3.78. The monoisotopic (exact) mass is 286 g/mol. The third-order valence-corrected chi connectivity index (χ3v) is 4.06. The fourth-order valence-electron chi connectivity index (χ4n) is 1.74. The molecule has 104 valence electrons. The summed E-state index contributed by atoms with van der Waals surface area (Å²) in [6.07, 6.45) is 3.34. The Bertz CT molecular complexity index is 639. The van der Waals surface area contributed by atoms with Crippen LogP contribution in [0.2, 0.25) is 0 Å². The van der Waals surface area contributed by atoms with Gasteiger partial charge in [0.05, 0.1) is 10.6 Å². The predicted molar refractivity (Wildman–Crippen MR) is 84.2 cm³/mol. The first-order chi connectivity index (χ1) is 9.47. The number of rotatable bonds is 4. The van der Waals surface area contributed by atoms with Crippen molar-refractivity contribution in [1.29, 1.82) is 0 Å². The van der Waals surface area contributed by atoms with E-state index in [4.69, 9.17) is 0 Å². The lowest BCUT2D eigenvalue weighted by Gasteiger charge is -2.01. The second-order valence-electron chi connectivity index (χ2n) is 4.94. The SMILES string of the molecule is Cc1ccc(-c2nc(C)c(C(=O)C=CN(C)C)s2)cc1. The van der Waals surface area contributed by atoms with Crippen molar-refractivity contribution in [2.24, 2.45) is 0 Å². The van der Waals surface area contributed by atoms with Crippen LogP contribution in [0.1, 0.15) is 20.9 Å². The van der Waals surface area contributed by atoms with E-state index in [9.17, 15) is 4.79 Å². The number of nitrogens with zero attached hydrogens (tertiary/aromatic N) is 2. The average Bonchev–Trinajstić information content (AvgIpc) is 2.79. The van der Waals surface area contributed by atoms with Gasteiger partial charge in [-0.3, -0.25) is 4.79 Å². The molecule has 3 nitrogen and oxygen atoms in total. The number of carbonyl (C=O) groups excluding carboxylic acids is 1. The molecule has 0 bridgehead atoms. The Labute approximate surface area is 123 Å². The van der Waals surface area contributed by atoms with Crippen molar-refractivity contribution in [2.75, 3.05) is 14.1 Å². The predicted octanol–water partition coefficient (Wildman–Crippen LogP) is 3.68. The molecule has 0 saturated carbocycles. The van der Waals surface area contributed by atoms with Crippen molar-refractivity contribution in [3.63, 3.8) is 0 Å². The molecule has 0 N–H and O–H groups in total. The van der Waals surface area contributed by atoms with Crippen LogP contribution < -0.4 is 0 Å². The van der Waals surface area contributed by atoms with Gasteiger partial charge >= 0.3 is 0 Å². The standard InChI is InChI=1S/C16H18N2OS/c1-11-5-7-13(8-6-11)16-17-12(2)15(20-16)14(19)9-10-18(3)4/h5-10H,1-4H3. The van der Waals surface area contributed by atoms with Gasteiger partial charge in [-0.1, -0.05) is 29.8 Å². The zero-order chi connectivity index (χ0) is 14.7. The van der Waals surface area contributed by atoms with Crippen molar-refractivity contribution in [3.8, 4) is 10.6 Å². The molecule has 0 aliphatic heterocycles. The first-order valence-electron chi connectivity index (χ1n) is 6.41. The third kappa shape index (κ3) is 3.33. The normalized spacial score (nSPS) is 11.0. The minimum absolute atomic E-state index is 0.00654. The fraction of sp³-hybridized carbons (Fsp3) is 0.250. The lowest BCUT2D eigenvalue weighted by molar-refractivity contribution is 0.104. The summed E-state index contributed by atoms with van der Waals surface area (Å²) in [6.45, 7) is 3.93. The van der Waals surface area contributed by atoms with Crippen LogP contribution in [0.3, 0.4) is 0 Å². The number of aromatic nitrogens is 1. The van der Waals surface area contributed by atoms with Gasteiger partial charge in [0.2, 0.25) is 0 Å². The Hall–Kier alpha value is -1.94. The number of aryl methyl sites for hydroxylation is 2. The molecule has 0 aliphatic rings. The molecule has 2 rings (SSSR count). The van der Waals surface area contributed by atoms with E-state index in [2.05, 4.69) is 24.0 Å². The van der Waals surface area contributed by atoms with Crippen molar-refractivity contribution < 1.29 is 4.79 Å². The van der Waals surface area contributed by atoms with Gasteiger partial charge in [-0.05, 0) is 13.8 Å².